The zero-order chi connectivity index (χ0) is 11.5. The first kappa shape index (κ1) is 10.4. The summed E-state index contributed by atoms with van der Waals surface area (Å²) in [6, 6.07) is 10.8. The van der Waals surface area contributed by atoms with Gasteiger partial charge in [0.1, 0.15) is 5.82 Å². The molecule has 2 rings (SSSR count). The molecule has 16 heavy (non-hydrogen) atoms. The Labute approximate surface area is 93.9 Å². The molecular formula is C13H12N2O. The van der Waals surface area contributed by atoms with Crippen molar-refractivity contribution in [2.75, 3.05) is 5.73 Å². The minimum atomic E-state index is -0.0226. The third kappa shape index (κ3) is 1.93. The minimum Gasteiger partial charge on any atom is -0.384 e. The van der Waals surface area contributed by atoms with E-state index in [2.05, 4.69) is 4.98 Å². The van der Waals surface area contributed by atoms with Crippen LogP contribution in [0.1, 0.15) is 21.5 Å². The fourth-order valence-corrected chi connectivity index (χ4v) is 1.56. The molecule has 2 N–H and O–H groups in total. The first-order valence-corrected chi connectivity index (χ1v) is 5.00. The molecule has 0 spiro atoms. The monoisotopic (exact) mass is 212 g/mol. The zero-order valence-electron chi connectivity index (χ0n) is 8.97. The number of aryl methyl sites for hydroxylation is 1. The van der Waals surface area contributed by atoms with Gasteiger partial charge in [0.2, 0.25) is 0 Å². The molecule has 0 bridgehead atoms. The Kier molecular flexibility index (Phi) is 2.68. The molecule has 0 unspecified atom stereocenters. The van der Waals surface area contributed by atoms with Crippen LogP contribution < -0.4 is 5.73 Å². The molecule has 80 valence electrons. The molecule has 0 amide bonds. The summed E-state index contributed by atoms with van der Waals surface area (Å²) in [6.07, 6.45) is 1.53. The van der Waals surface area contributed by atoms with Crippen LogP contribution >= 0.6 is 0 Å². The lowest BCUT2D eigenvalue weighted by Crippen LogP contribution is -2.05. The fourth-order valence-electron chi connectivity index (χ4n) is 1.56. The standard InChI is InChI=1S/C13H12N2O/c1-9-7-12(14)15-8-11(9)13(16)10-5-3-2-4-6-10/h2-8H,1H3,(H2,14,15). The van der Waals surface area contributed by atoms with Gasteiger partial charge in [-0.3, -0.25) is 4.79 Å². The Morgan fingerprint density at radius 2 is 1.94 bits per heavy atom. The van der Waals surface area contributed by atoms with Gasteiger partial charge in [-0.1, -0.05) is 30.3 Å². The SMILES string of the molecule is Cc1cc(N)ncc1C(=O)c1ccccc1. The molecule has 0 saturated heterocycles. The van der Waals surface area contributed by atoms with Crippen molar-refractivity contribution in [3.05, 3.63) is 59.3 Å². The summed E-state index contributed by atoms with van der Waals surface area (Å²) in [5.74, 6) is 0.410. The molecule has 0 atom stereocenters. The highest BCUT2D eigenvalue weighted by atomic mass is 16.1. The van der Waals surface area contributed by atoms with Crippen LogP contribution in [0.3, 0.4) is 0 Å². The predicted molar refractivity (Wildman–Crippen MR) is 63.3 cm³/mol. The van der Waals surface area contributed by atoms with Crippen molar-refractivity contribution in [3.8, 4) is 0 Å². The number of ketones is 1. The normalized spacial score (nSPS) is 10.1. The van der Waals surface area contributed by atoms with Crippen molar-refractivity contribution in [2.45, 2.75) is 6.92 Å². The van der Waals surface area contributed by atoms with E-state index >= 15 is 0 Å². The van der Waals surface area contributed by atoms with Crippen LogP contribution in [0, 0.1) is 6.92 Å². The van der Waals surface area contributed by atoms with Gasteiger partial charge in [0.15, 0.2) is 5.78 Å². The summed E-state index contributed by atoms with van der Waals surface area (Å²) >= 11 is 0. The summed E-state index contributed by atoms with van der Waals surface area (Å²) in [5, 5.41) is 0. The number of aromatic nitrogens is 1. The second-order valence-corrected chi connectivity index (χ2v) is 3.62. The Morgan fingerprint density at radius 1 is 1.25 bits per heavy atom. The van der Waals surface area contributed by atoms with E-state index in [1.54, 1.807) is 18.2 Å². The van der Waals surface area contributed by atoms with Gasteiger partial charge in [0.05, 0.1) is 0 Å². The summed E-state index contributed by atoms with van der Waals surface area (Å²) in [7, 11) is 0. The molecule has 0 aliphatic heterocycles. The Morgan fingerprint density at radius 3 is 2.56 bits per heavy atom. The topological polar surface area (TPSA) is 56.0 Å². The van der Waals surface area contributed by atoms with Gasteiger partial charge < -0.3 is 5.73 Å². The molecule has 0 aliphatic carbocycles. The van der Waals surface area contributed by atoms with Crippen LogP contribution in [0.5, 0.6) is 0 Å². The summed E-state index contributed by atoms with van der Waals surface area (Å²) < 4.78 is 0. The van der Waals surface area contributed by atoms with Gasteiger partial charge in [-0.05, 0) is 18.6 Å². The van der Waals surface area contributed by atoms with Gasteiger partial charge in [0, 0.05) is 17.3 Å². The highest BCUT2D eigenvalue weighted by molar-refractivity contribution is 6.09. The highest BCUT2D eigenvalue weighted by Gasteiger charge is 2.11. The zero-order valence-corrected chi connectivity index (χ0v) is 8.97. The van der Waals surface area contributed by atoms with E-state index in [4.69, 9.17) is 5.73 Å². The molecule has 0 saturated carbocycles. The molecule has 0 fully saturated rings. The van der Waals surface area contributed by atoms with Crippen LogP contribution in [-0.2, 0) is 0 Å². The lowest BCUT2D eigenvalue weighted by atomic mass is 10.0. The van der Waals surface area contributed by atoms with Crippen molar-refractivity contribution >= 4 is 11.6 Å². The lowest BCUT2D eigenvalue weighted by Gasteiger charge is -2.04. The van der Waals surface area contributed by atoms with Crippen molar-refractivity contribution in [1.82, 2.24) is 4.98 Å². The number of hydrogen-bond acceptors (Lipinski definition) is 3. The average molecular weight is 212 g/mol. The van der Waals surface area contributed by atoms with E-state index in [-0.39, 0.29) is 5.78 Å². The molecule has 3 heteroatoms. The van der Waals surface area contributed by atoms with Gasteiger partial charge in [0.25, 0.3) is 0 Å². The number of rotatable bonds is 2. The Hall–Kier alpha value is -2.16. The molecule has 1 aromatic carbocycles. The number of carbonyl (C=O) groups excluding carboxylic acids is 1. The van der Waals surface area contributed by atoms with E-state index in [1.165, 1.54) is 6.20 Å². The van der Waals surface area contributed by atoms with E-state index < -0.39 is 0 Å². The minimum absolute atomic E-state index is 0.0226. The number of benzene rings is 1. The number of nitrogen functional groups attached to an aromatic ring is 1. The smallest absolute Gasteiger partial charge is 0.194 e. The molecule has 1 aromatic heterocycles. The fraction of sp³-hybridized carbons (Fsp3) is 0.0769. The van der Waals surface area contributed by atoms with Crippen LogP contribution in [0.25, 0.3) is 0 Å². The van der Waals surface area contributed by atoms with Crippen LogP contribution in [0.4, 0.5) is 5.82 Å². The summed E-state index contributed by atoms with van der Waals surface area (Å²) in [6.45, 7) is 1.86. The average Bonchev–Trinajstić information content (AvgIpc) is 2.29. The van der Waals surface area contributed by atoms with Gasteiger partial charge in [-0.15, -0.1) is 0 Å². The van der Waals surface area contributed by atoms with Crippen molar-refractivity contribution in [1.29, 1.82) is 0 Å². The molecule has 1 heterocycles. The number of nitrogens with two attached hydrogens (primary N) is 1. The number of pyridine rings is 1. The largest absolute Gasteiger partial charge is 0.384 e. The Balaban J connectivity index is 2.42. The number of hydrogen-bond donors (Lipinski definition) is 1. The molecule has 3 nitrogen and oxygen atoms in total. The van der Waals surface area contributed by atoms with E-state index in [0.29, 0.717) is 16.9 Å². The summed E-state index contributed by atoms with van der Waals surface area (Å²) in [5.41, 5.74) is 7.65. The molecule has 0 radical (unpaired) electrons. The first-order valence-electron chi connectivity index (χ1n) is 5.00. The van der Waals surface area contributed by atoms with Gasteiger partial charge >= 0.3 is 0 Å². The summed E-state index contributed by atoms with van der Waals surface area (Å²) in [4.78, 5) is 16.0. The number of carbonyl (C=O) groups is 1. The third-order valence-corrected chi connectivity index (χ3v) is 2.41. The molecular weight excluding hydrogens is 200 g/mol. The number of anilines is 1. The van der Waals surface area contributed by atoms with E-state index in [1.807, 2.05) is 25.1 Å². The van der Waals surface area contributed by atoms with E-state index in [9.17, 15) is 4.79 Å². The second kappa shape index (κ2) is 4.14. The third-order valence-electron chi connectivity index (χ3n) is 2.41. The number of nitrogens with zero attached hydrogens (tertiary/aromatic N) is 1. The van der Waals surface area contributed by atoms with Crippen LogP contribution in [0.2, 0.25) is 0 Å². The molecule has 2 aromatic rings. The maximum absolute atomic E-state index is 12.1. The van der Waals surface area contributed by atoms with Crippen LogP contribution in [-0.4, -0.2) is 10.8 Å². The maximum Gasteiger partial charge on any atom is 0.194 e. The second-order valence-electron chi connectivity index (χ2n) is 3.62. The van der Waals surface area contributed by atoms with Crippen molar-refractivity contribution in [3.63, 3.8) is 0 Å². The first-order chi connectivity index (χ1) is 7.68. The highest BCUT2D eigenvalue weighted by Crippen LogP contribution is 2.14. The predicted octanol–water partition coefficient (Wildman–Crippen LogP) is 2.20. The van der Waals surface area contributed by atoms with Gasteiger partial charge in [-0.25, -0.2) is 4.98 Å². The maximum atomic E-state index is 12.1. The van der Waals surface area contributed by atoms with Crippen molar-refractivity contribution in [2.24, 2.45) is 0 Å². The van der Waals surface area contributed by atoms with Gasteiger partial charge in [-0.2, -0.15) is 0 Å². The van der Waals surface area contributed by atoms with Crippen LogP contribution in [0.15, 0.2) is 42.6 Å². The quantitative estimate of drug-likeness (QED) is 0.776. The lowest BCUT2D eigenvalue weighted by molar-refractivity contribution is 0.103. The molecule has 0 aliphatic rings. The van der Waals surface area contributed by atoms with Crippen molar-refractivity contribution < 1.29 is 4.79 Å². The Bertz CT molecular complexity index is 521. The van der Waals surface area contributed by atoms with E-state index in [0.717, 1.165) is 5.56 Å².